The van der Waals surface area contributed by atoms with Crippen LogP contribution in [0.25, 0.3) is 0 Å². The second-order valence-corrected chi connectivity index (χ2v) is 7.89. The van der Waals surface area contributed by atoms with Gasteiger partial charge in [0, 0.05) is 25.7 Å². The molecule has 0 saturated carbocycles. The zero-order chi connectivity index (χ0) is 25.9. The van der Waals surface area contributed by atoms with Gasteiger partial charge < -0.3 is 29.7 Å². The first-order valence-corrected chi connectivity index (χ1v) is 11.4. The lowest BCUT2D eigenvalue weighted by Gasteiger charge is -2.19. The normalized spacial score (nSPS) is 10.3. The molecule has 0 heterocycles. The predicted octanol–water partition coefficient (Wildman–Crippen LogP) is 4.12. The Hall–Kier alpha value is -4.27. The summed E-state index contributed by atoms with van der Waals surface area (Å²) in [6, 6.07) is 18.3. The summed E-state index contributed by atoms with van der Waals surface area (Å²) < 4.78 is 30.0. The molecule has 2 N–H and O–H groups in total. The molecule has 3 aromatic carbocycles. The lowest BCUT2D eigenvalue weighted by Crippen LogP contribution is -2.28. The predicted molar refractivity (Wildman–Crippen MR) is 137 cm³/mol. The molecule has 0 atom stereocenters. The van der Waals surface area contributed by atoms with Gasteiger partial charge in [-0.2, -0.15) is 0 Å². The average Bonchev–Trinajstić information content (AvgIpc) is 2.90. The van der Waals surface area contributed by atoms with Crippen molar-refractivity contribution in [3.05, 3.63) is 78.1 Å². The van der Waals surface area contributed by atoms with Gasteiger partial charge in [0.2, 0.25) is 0 Å². The Morgan fingerprint density at radius 2 is 1.64 bits per heavy atom. The van der Waals surface area contributed by atoms with Crippen molar-refractivity contribution >= 4 is 23.2 Å². The monoisotopic (exact) mass is 495 g/mol. The van der Waals surface area contributed by atoms with Gasteiger partial charge in [-0.3, -0.25) is 9.59 Å². The number of rotatable bonds is 12. The summed E-state index contributed by atoms with van der Waals surface area (Å²) in [6.45, 7) is 0.741. The summed E-state index contributed by atoms with van der Waals surface area (Å²) >= 11 is 0. The first kappa shape index (κ1) is 26.3. The maximum Gasteiger partial charge on any atom is 0.262 e. The Bertz CT molecular complexity index is 1190. The van der Waals surface area contributed by atoms with Gasteiger partial charge in [0.05, 0.1) is 25.6 Å². The lowest BCUT2D eigenvalue weighted by atomic mass is 10.2. The third-order valence-electron chi connectivity index (χ3n) is 5.39. The highest BCUT2D eigenvalue weighted by Gasteiger charge is 2.14. The average molecular weight is 496 g/mol. The second-order valence-electron chi connectivity index (χ2n) is 7.89. The molecule has 36 heavy (non-hydrogen) atoms. The Balaban J connectivity index is 1.49. The molecule has 8 nitrogen and oxygen atoms in total. The van der Waals surface area contributed by atoms with E-state index in [4.69, 9.17) is 14.2 Å². The van der Waals surface area contributed by atoms with Crippen LogP contribution >= 0.6 is 0 Å². The van der Waals surface area contributed by atoms with Gasteiger partial charge in [0.25, 0.3) is 11.8 Å². The molecule has 0 aliphatic carbocycles. The molecule has 0 spiro atoms. The number of nitrogens with zero attached hydrogens (tertiary/aromatic N) is 1. The number of ether oxygens (including phenoxy) is 3. The van der Waals surface area contributed by atoms with Crippen molar-refractivity contribution in [1.29, 1.82) is 0 Å². The summed E-state index contributed by atoms with van der Waals surface area (Å²) in [5.41, 5.74) is 1.44. The van der Waals surface area contributed by atoms with Crippen LogP contribution in [0.4, 0.5) is 15.8 Å². The van der Waals surface area contributed by atoms with Crippen molar-refractivity contribution in [1.82, 2.24) is 5.32 Å². The molecule has 0 aromatic heterocycles. The number of halogens is 1. The molecule has 9 heteroatoms. The summed E-state index contributed by atoms with van der Waals surface area (Å²) in [5.74, 6) is 0.266. The van der Waals surface area contributed by atoms with E-state index >= 15 is 0 Å². The highest BCUT2D eigenvalue weighted by molar-refractivity contribution is 5.95. The smallest absolute Gasteiger partial charge is 0.262 e. The SMILES string of the molecule is COc1ccccc1NC(=O)COc1ccc(C(=O)NCCCN(C)c2ccccc2F)cc1OC. The topological polar surface area (TPSA) is 89.1 Å². The standard InChI is InChI=1S/C27H30FN3O5/c1-31(22-11-6-4-9-20(22)28)16-8-15-29-27(33)19-13-14-24(25(17-19)35-3)36-18-26(32)30-21-10-5-7-12-23(21)34-2/h4-7,9-14,17H,8,15-16,18H2,1-3H3,(H,29,33)(H,30,32). The lowest BCUT2D eigenvalue weighted by molar-refractivity contribution is -0.118. The van der Waals surface area contributed by atoms with E-state index in [1.54, 1.807) is 72.6 Å². The minimum atomic E-state index is -0.372. The van der Waals surface area contributed by atoms with Crippen LogP contribution in [0.1, 0.15) is 16.8 Å². The number of para-hydroxylation sites is 3. The van der Waals surface area contributed by atoms with E-state index in [0.29, 0.717) is 53.7 Å². The van der Waals surface area contributed by atoms with Crippen LogP contribution in [0.5, 0.6) is 17.2 Å². The third kappa shape index (κ3) is 7.11. The van der Waals surface area contributed by atoms with Crippen LogP contribution in [0.3, 0.4) is 0 Å². The minimum Gasteiger partial charge on any atom is -0.495 e. The summed E-state index contributed by atoms with van der Waals surface area (Å²) in [6.07, 6.45) is 0.635. The molecule has 0 aliphatic heterocycles. The number of methoxy groups -OCH3 is 2. The summed E-state index contributed by atoms with van der Waals surface area (Å²) in [5, 5.41) is 5.58. The van der Waals surface area contributed by atoms with E-state index in [1.807, 2.05) is 0 Å². The number of carbonyl (C=O) groups is 2. The zero-order valence-corrected chi connectivity index (χ0v) is 20.5. The molecule has 0 aliphatic rings. The molecule has 0 saturated heterocycles. The molecule has 3 aromatic rings. The highest BCUT2D eigenvalue weighted by Crippen LogP contribution is 2.28. The van der Waals surface area contributed by atoms with E-state index in [2.05, 4.69) is 10.6 Å². The molecule has 0 bridgehead atoms. The van der Waals surface area contributed by atoms with Crippen molar-refractivity contribution in [2.45, 2.75) is 6.42 Å². The van der Waals surface area contributed by atoms with Gasteiger partial charge in [-0.05, 0) is 48.9 Å². The van der Waals surface area contributed by atoms with Crippen LogP contribution in [-0.4, -0.2) is 52.8 Å². The fourth-order valence-corrected chi connectivity index (χ4v) is 3.51. The molecular formula is C27H30FN3O5. The first-order valence-electron chi connectivity index (χ1n) is 11.4. The van der Waals surface area contributed by atoms with Crippen molar-refractivity contribution in [2.24, 2.45) is 0 Å². The van der Waals surface area contributed by atoms with Crippen LogP contribution in [-0.2, 0) is 4.79 Å². The zero-order valence-electron chi connectivity index (χ0n) is 20.5. The summed E-state index contributed by atoms with van der Waals surface area (Å²) in [7, 11) is 4.78. The van der Waals surface area contributed by atoms with E-state index < -0.39 is 0 Å². The first-order chi connectivity index (χ1) is 17.4. The van der Waals surface area contributed by atoms with Gasteiger partial charge >= 0.3 is 0 Å². The van der Waals surface area contributed by atoms with Crippen molar-refractivity contribution < 1.29 is 28.2 Å². The van der Waals surface area contributed by atoms with Crippen molar-refractivity contribution in [3.63, 3.8) is 0 Å². The molecular weight excluding hydrogens is 465 g/mol. The fourth-order valence-electron chi connectivity index (χ4n) is 3.51. The Labute approximate surface area is 210 Å². The number of nitrogens with one attached hydrogen (secondary N) is 2. The van der Waals surface area contributed by atoms with Crippen molar-refractivity contribution in [2.75, 3.05) is 51.2 Å². The number of benzene rings is 3. The number of hydrogen-bond donors (Lipinski definition) is 2. The second kappa shape index (κ2) is 13.0. The number of amides is 2. The molecule has 0 unspecified atom stereocenters. The fraction of sp³-hybridized carbons (Fsp3) is 0.259. The van der Waals surface area contributed by atoms with E-state index in [-0.39, 0.29) is 24.2 Å². The summed E-state index contributed by atoms with van der Waals surface area (Å²) in [4.78, 5) is 26.7. The molecule has 190 valence electrons. The molecule has 2 amide bonds. The largest absolute Gasteiger partial charge is 0.495 e. The Kier molecular flexibility index (Phi) is 9.50. The number of anilines is 2. The molecule has 0 radical (unpaired) electrons. The molecule has 3 rings (SSSR count). The van der Waals surface area contributed by atoms with Crippen LogP contribution in [0, 0.1) is 5.82 Å². The Morgan fingerprint density at radius 3 is 2.39 bits per heavy atom. The van der Waals surface area contributed by atoms with E-state index in [9.17, 15) is 14.0 Å². The van der Waals surface area contributed by atoms with Gasteiger partial charge in [-0.15, -0.1) is 0 Å². The van der Waals surface area contributed by atoms with Crippen molar-refractivity contribution in [3.8, 4) is 17.2 Å². The van der Waals surface area contributed by atoms with Crippen LogP contribution in [0.15, 0.2) is 66.7 Å². The third-order valence-corrected chi connectivity index (χ3v) is 5.39. The van der Waals surface area contributed by atoms with Crippen LogP contribution in [0.2, 0.25) is 0 Å². The van der Waals surface area contributed by atoms with E-state index in [0.717, 1.165) is 0 Å². The molecule has 0 fully saturated rings. The quantitative estimate of drug-likeness (QED) is 0.368. The van der Waals surface area contributed by atoms with Gasteiger partial charge in [-0.1, -0.05) is 24.3 Å². The van der Waals surface area contributed by atoms with E-state index in [1.165, 1.54) is 20.3 Å². The maximum atomic E-state index is 13.9. The van der Waals surface area contributed by atoms with Crippen LogP contribution < -0.4 is 29.7 Å². The highest BCUT2D eigenvalue weighted by atomic mass is 19.1. The Morgan fingerprint density at radius 1 is 0.917 bits per heavy atom. The van der Waals surface area contributed by atoms with Gasteiger partial charge in [0.15, 0.2) is 18.1 Å². The van der Waals surface area contributed by atoms with Gasteiger partial charge in [-0.25, -0.2) is 4.39 Å². The maximum absolute atomic E-state index is 13.9. The number of carbonyl (C=O) groups excluding carboxylic acids is 2. The minimum absolute atomic E-state index is 0.254. The van der Waals surface area contributed by atoms with Gasteiger partial charge in [0.1, 0.15) is 11.6 Å². The number of hydrogen-bond acceptors (Lipinski definition) is 6.